The molecule has 0 aromatic carbocycles. The van der Waals surface area contributed by atoms with Gasteiger partial charge in [-0.15, -0.1) is 0 Å². The van der Waals surface area contributed by atoms with Gasteiger partial charge in [0.25, 0.3) is 0 Å². The summed E-state index contributed by atoms with van der Waals surface area (Å²) in [6.07, 6.45) is -7.44. The van der Waals surface area contributed by atoms with Gasteiger partial charge in [0.15, 0.2) is 0 Å². The van der Waals surface area contributed by atoms with Crippen LogP contribution in [0.2, 0.25) is 0 Å². The van der Waals surface area contributed by atoms with Gasteiger partial charge in [-0.25, -0.2) is 0 Å². The van der Waals surface area contributed by atoms with Crippen LogP contribution in [0.3, 0.4) is 0 Å². The molecule has 34 heavy (non-hydrogen) atoms. The van der Waals surface area contributed by atoms with E-state index in [2.05, 4.69) is 0 Å². The molecule has 10 heteroatoms. The van der Waals surface area contributed by atoms with E-state index in [-0.39, 0.29) is 25.0 Å². The number of ether oxygens (including phenoxy) is 3. The Morgan fingerprint density at radius 2 is 1.71 bits per heavy atom. The Morgan fingerprint density at radius 1 is 1.12 bits per heavy atom. The van der Waals surface area contributed by atoms with Gasteiger partial charge in [0, 0.05) is 26.2 Å². The quantitative estimate of drug-likeness (QED) is 0.263. The van der Waals surface area contributed by atoms with Gasteiger partial charge in [-0.2, -0.15) is 0 Å². The molecule has 10 nitrogen and oxygen atoms in total. The number of rotatable bonds is 3. The van der Waals surface area contributed by atoms with Gasteiger partial charge < -0.3 is 39.7 Å². The predicted octanol–water partition coefficient (Wildman–Crippen LogP) is -0.420. The molecule has 3 fully saturated rings. The van der Waals surface area contributed by atoms with Gasteiger partial charge in [0.2, 0.25) is 0 Å². The second kappa shape index (κ2) is 7.72. The summed E-state index contributed by atoms with van der Waals surface area (Å²) in [4.78, 5) is 24.3. The number of hydrogen-bond donors (Lipinski definition) is 5. The van der Waals surface area contributed by atoms with E-state index in [0.717, 1.165) is 0 Å². The third kappa shape index (κ3) is 3.09. The zero-order chi connectivity index (χ0) is 25.6. The van der Waals surface area contributed by atoms with Crippen molar-refractivity contribution in [1.29, 1.82) is 0 Å². The molecule has 2 saturated carbocycles. The smallest absolute Gasteiger partial charge is 0.303 e. The predicted molar refractivity (Wildman–Crippen MR) is 116 cm³/mol. The van der Waals surface area contributed by atoms with Crippen molar-refractivity contribution in [3.05, 3.63) is 11.1 Å². The Labute approximate surface area is 198 Å². The lowest BCUT2D eigenvalue weighted by molar-refractivity contribution is -0.248. The van der Waals surface area contributed by atoms with Crippen LogP contribution in [0.1, 0.15) is 54.4 Å². The number of fused-ring (bicyclic) bond motifs is 2. The van der Waals surface area contributed by atoms with Crippen molar-refractivity contribution in [2.45, 2.75) is 102 Å². The number of carbonyl (C=O) groups excluding carboxylic acids is 2. The monoisotopic (exact) mass is 484 g/mol. The van der Waals surface area contributed by atoms with E-state index in [4.69, 9.17) is 14.2 Å². The van der Waals surface area contributed by atoms with Gasteiger partial charge in [-0.1, -0.05) is 6.92 Å². The highest BCUT2D eigenvalue weighted by Crippen LogP contribution is 2.68. The van der Waals surface area contributed by atoms with Crippen molar-refractivity contribution in [2.75, 3.05) is 6.61 Å². The Bertz CT molecular complexity index is 923. The fourth-order valence-electron chi connectivity index (χ4n) is 7.52. The highest BCUT2D eigenvalue weighted by Gasteiger charge is 2.78. The van der Waals surface area contributed by atoms with E-state index in [1.165, 1.54) is 27.7 Å². The maximum atomic E-state index is 12.3. The Balaban J connectivity index is 2.08. The molecule has 4 rings (SSSR count). The van der Waals surface area contributed by atoms with Crippen LogP contribution in [0.15, 0.2) is 11.1 Å². The fraction of sp³-hybridized carbons (Fsp3) is 0.833. The average Bonchev–Trinajstić information content (AvgIpc) is 3.17. The molecule has 1 heterocycles. The van der Waals surface area contributed by atoms with E-state index in [9.17, 15) is 35.1 Å². The zero-order valence-corrected chi connectivity index (χ0v) is 20.4. The first-order valence-electron chi connectivity index (χ1n) is 11.7. The van der Waals surface area contributed by atoms with Crippen LogP contribution in [0.4, 0.5) is 0 Å². The molecule has 192 valence electrons. The second-order valence-electron chi connectivity index (χ2n) is 11.2. The number of aliphatic hydroxyl groups is 5. The summed E-state index contributed by atoms with van der Waals surface area (Å²) in [5.41, 5.74) is -5.52. The first-order chi connectivity index (χ1) is 15.5. The molecule has 4 aliphatic rings. The van der Waals surface area contributed by atoms with Gasteiger partial charge in [-0.3, -0.25) is 9.59 Å². The van der Waals surface area contributed by atoms with Crippen molar-refractivity contribution in [1.82, 2.24) is 0 Å². The third-order valence-corrected chi connectivity index (χ3v) is 9.01. The van der Waals surface area contributed by atoms with E-state index < -0.39 is 76.5 Å². The Hall–Kier alpha value is -1.56. The van der Waals surface area contributed by atoms with Gasteiger partial charge in [0.05, 0.1) is 41.3 Å². The number of carbonyl (C=O) groups is 2. The molecular formula is C24H36O10. The molecule has 0 aromatic rings. The van der Waals surface area contributed by atoms with Crippen LogP contribution < -0.4 is 0 Å². The van der Waals surface area contributed by atoms with E-state index >= 15 is 0 Å². The molecule has 10 unspecified atom stereocenters. The highest BCUT2D eigenvalue weighted by molar-refractivity contribution is 5.67. The largest absolute Gasteiger partial charge is 0.462 e. The summed E-state index contributed by atoms with van der Waals surface area (Å²) in [5.74, 6) is -2.37. The first kappa shape index (κ1) is 25.5. The van der Waals surface area contributed by atoms with Crippen molar-refractivity contribution in [3.63, 3.8) is 0 Å². The lowest BCUT2D eigenvalue weighted by Crippen LogP contribution is -2.69. The first-order valence-corrected chi connectivity index (χ1v) is 11.7. The zero-order valence-electron chi connectivity index (χ0n) is 20.4. The molecular weight excluding hydrogens is 448 g/mol. The number of hydrogen-bond acceptors (Lipinski definition) is 10. The Kier molecular flexibility index (Phi) is 5.79. The topological polar surface area (TPSA) is 163 Å². The molecule has 0 aromatic heterocycles. The highest BCUT2D eigenvalue weighted by atomic mass is 16.6. The van der Waals surface area contributed by atoms with Crippen LogP contribution in [0, 0.1) is 16.7 Å². The molecule has 0 radical (unpaired) electrons. The van der Waals surface area contributed by atoms with E-state index in [0.29, 0.717) is 5.57 Å². The minimum atomic E-state index is -1.84. The van der Waals surface area contributed by atoms with Crippen molar-refractivity contribution in [2.24, 2.45) is 16.7 Å². The van der Waals surface area contributed by atoms with Crippen LogP contribution in [-0.4, -0.2) is 91.9 Å². The lowest BCUT2D eigenvalue weighted by Gasteiger charge is -2.56. The molecule has 1 saturated heterocycles. The summed E-state index contributed by atoms with van der Waals surface area (Å²) in [5, 5.41) is 57.1. The molecule has 0 bridgehead atoms. The summed E-state index contributed by atoms with van der Waals surface area (Å²) in [6, 6.07) is 0. The lowest BCUT2D eigenvalue weighted by atomic mass is 9.52. The fourth-order valence-corrected chi connectivity index (χ4v) is 7.52. The number of aliphatic hydroxyl groups excluding tert-OH is 3. The molecule has 1 aliphatic heterocycles. The van der Waals surface area contributed by atoms with Gasteiger partial charge >= 0.3 is 11.9 Å². The maximum absolute atomic E-state index is 12.3. The Morgan fingerprint density at radius 3 is 2.24 bits per heavy atom. The van der Waals surface area contributed by atoms with Gasteiger partial charge in [-0.05, 0) is 38.3 Å². The van der Waals surface area contributed by atoms with E-state index in [1.807, 2.05) is 0 Å². The minimum absolute atomic E-state index is 0.0107. The molecule has 0 amide bonds. The summed E-state index contributed by atoms with van der Waals surface area (Å²) in [7, 11) is 0. The van der Waals surface area contributed by atoms with Crippen LogP contribution in [0.5, 0.6) is 0 Å². The van der Waals surface area contributed by atoms with Crippen molar-refractivity contribution >= 4 is 11.9 Å². The molecule has 5 N–H and O–H groups in total. The van der Waals surface area contributed by atoms with Crippen LogP contribution in [0.25, 0.3) is 0 Å². The maximum Gasteiger partial charge on any atom is 0.303 e. The average molecular weight is 485 g/mol. The second-order valence-corrected chi connectivity index (χ2v) is 11.2. The van der Waals surface area contributed by atoms with Crippen LogP contribution in [-0.2, 0) is 23.8 Å². The van der Waals surface area contributed by atoms with Gasteiger partial charge in [0.1, 0.15) is 23.9 Å². The van der Waals surface area contributed by atoms with Crippen molar-refractivity contribution in [3.8, 4) is 0 Å². The molecule has 10 atom stereocenters. The van der Waals surface area contributed by atoms with Crippen LogP contribution >= 0.6 is 0 Å². The minimum Gasteiger partial charge on any atom is -0.462 e. The summed E-state index contributed by atoms with van der Waals surface area (Å²) in [6.45, 7) is 8.47. The summed E-state index contributed by atoms with van der Waals surface area (Å²) >= 11 is 0. The van der Waals surface area contributed by atoms with E-state index in [1.54, 1.807) is 13.8 Å². The van der Waals surface area contributed by atoms with Crippen molar-refractivity contribution < 1.29 is 49.3 Å². The molecule has 3 aliphatic carbocycles. The summed E-state index contributed by atoms with van der Waals surface area (Å²) < 4.78 is 17.5. The normalized spacial score (nSPS) is 48.1. The third-order valence-electron chi connectivity index (χ3n) is 9.01. The molecule has 0 spiro atoms. The standard InChI is InChI=1S/C24H36O10/c1-10-13(27)8-23(21(4,5)30)16(10)17(29)19(34-12(3)26)22(6)15(33-11(2)25)7-14(28)24(31)9-32-20(23)18(22)24/h13-15,17-20,27-31H,7-9H2,1-6H3. The SMILES string of the molecule is CC(=O)OC1CC(O)C2(O)COC3C2C1(C)C(OC(C)=O)C(O)C1=C(C)C(O)CC13C(C)(C)O. The number of esters is 2.